The van der Waals surface area contributed by atoms with Crippen molar-refractivity contribution in [1.29, 1.82) is 0 Å². The van der Waals surface area contributed by atoms with E-state index in [-0.39, 0.29) is 0 Å². The van der Waals surface area contributed by atoms with Crippen molar-refractivity contribution < 1.29 is 9.47 Å². The second-order valence-corrected chi connectivity index (χ2v) is 4.18. The predicted molar refractivity (Wildman–Crippen MR) is 75.7 cm³/mol. The van der Waals surface area contributed by atoms with Crippen molar-refractivity contribution in [2.24, 2.45) is 5.73 Å². The van der Waals surface area contributed by atoms with Gasteiger partial charge in [0.15, 0.2) is 0 Å². The highest BCUT2D eigenvalue weighted by Crippen LogP contribution is 2.23. The summed E-state index contributed by atoms with van der Waals surface area (Å²) in [4.78, 5) is 10.7. The number of nitrogens with two attached hydrogens (primary N) is 1. The van der Waals surface area contributed by atoms with Crippen LogP contribution in [0.3, 0.4) is 0 Å². The van der Waals surface area contributed by atoms with Gasteiger partial charge in [0, 0.05) is 20.2 Å². The van der Waals surface area contributed by atoms with Crippen LogP contribution in [0.5, 0.6) is 5.88 Å². The number of methoxy groups -OCH3 is 1. The van der Waals surface area contributed by atoms with E-state index in [9.17, 15) is 0 Å². The summed E-state index contributed by atoms with van der Waals surface area (Å²) < 4.78 is 10.6. The first-order chi connectivity index (χ1) is 9.24. The van der Waals surface area contributed by atoms with Crippen LogP contribution in [0.1, 0.15) is 18.9 Å². The molecule has 19 heavy (non-hydrogen) atoms. The van der Waals surface area contributed by atoms with Gasteiger partial charge in [-0.25, -0.2) is 9.97 Å². The molecule has 1 aromatic heterocycles. The molecule has 1 aromatic rings. The zero-order valence-electron chi connectivity index (χ0n) is 12.1. The molecule has 6 heteroatoms. The summed E-state index contributed by atoms with van der Waals surface area (Å²) in [6, 6.07) is 0. The van der Waals surface area contributed by atoms with E-state index in [2.05, 4.69) is 14.9 Å². The van der Waals surface area contributed by atoms with Crippen LogP contribution >= 0.6 is 0 Å². The Morgan fingerprint density at radius 3 is 2.74 bits per heavy atom. The van der Waals surface area contributed by atoms with Crippen LogP contribution in [0.4, 0.5) is 5.82 Å². The first-order valence-corrected chi connectivity index (χ1v) is 6.62. The highest BCUT2D eigenvalue weighted by Gasteiger charge is 2.14. The quantitative estimate of drug-likeness (QED) is 0.720. The molecule has 0 bridgehead atoms. The third kappa shape index (κ3) is 4.65. The number of nitrogens with zero attached hydrogens (tertiary/aromatic N) is 3. The largest absolute Gasteiger partial charge is 0.478 e. The van der Waals surface area contributed by atoms with Gasteiger partial charge in [-0.1, -0.05) is 0 Å². The molecule has 0 fully saturated rings. The van der Waals surface area contributed by atoms with Crippen molar-refractivity contribution in [2.75, 3.05) is 44.9 Å². The van der Waals surface area contributed by atoms with E-state index in [1.165, 1.54) is 6.33 Å². The molecule has 0 unspecified atom stereocenters. The van der Waals surface area contributed by atoms with E-state index in [1.807, 2.05) is 13.8 Å². The van der Waals surface area contributed by atoms with Crippen LogP contribution in [-0.4, -0.2) is 49.9 Å². The monoisotopic (exact) mass is 268 g/mol. The summed E-state index contributed by atoms with van der Waals surface area (Å²) in [6.07, 6.45) is 2.45. The Morgan fingerprint density at radius 1 is 1.32 bits per heavy atom. The van der Waals surface area contributed by atoms with Crippen molar-refractivity contribution in [2.45, 2.75) is 20.3 Å². The summed E-state index contributed by atoms with van der Waals surface area (Å²) in [5, 5.41) is 0. The first-order valence-electron chi connectivity index (χ1n) is 6.62. The van der Waals surface area contributed by atoms with Crippen molar-refractivity contribution in [1.82, 2.24) is 9.97 Å². The van der Waals surface area contributed by atoms with E-state index >= 15 is 0 Å². The lowest BCUT2D eigenvalue weighted by Crippen LogP contribution is -2.31. The average molecular weight is 268 g/mol. The fraction of sp³-hybridized carbons (Fsp3) is 0.692. The fourth-order valence-electron chi connectivity index (χ4n) is 1.83. The van der Waals surface area contributed by atoms with Crippen LogP contribution in [0.15, 0.2) is 6.33 Å². The molecule has 0 atom stereocenters. The third-order valence-corrected chi connectivity index (χ3v) is 2.79. The molecular weight excluding hydrogens is 244 g/mol. The highest BCUT2D eigenvalue weighted by atomic mass is 16.5. The fourth-order valence-corrected chi connectivity index (χ4v) is 1.83. The van der Waals surface area contributed by atoms with E-state index < -0.39 is 0 Å². The van der Waals surface area contributed by atoms with Crippen molar-refractivity contribution in [3.63, 3.8) is 0 Å². The highest BCUT2D eigenvalue weighted by molar-refractivity contribution is 5.50. The zero-order chi connectivity index (χ0) is 14.1. The van der Waals surface area contributed by atoms with Gasteiger partial charge in [-0.05, 0) is 26.8 Å². The van der Waals surface area contributed by atoms with Crippen molar-refractivity contribution >= 4 is 5.82 Å². The number of hydrogen-bond acceptors (Lipinski definition) is 6. The summed E-state index contributed by atoms with van der Waals surface area (Å²) >= 11 is 0. The molecule has 0 aliphatic heterocycles. The minimum Gasteiger partial charge on any atom is -0.478 e. The number of hydrogen-bond donors (Lipinski definition) is 1. The number of rotatable bonds is 9. The number of anilines is 1. The minimum atomic E-state index is 0.595. The van der Waals surface area contributed by atoms with Gasteiger partial charge in [0.2, 0.25) is 5.88 Å². The van der Waals surface area contributed by atoms with Gasteiger partial charge in [0.1, 0.15) is 12.1 Å². The molecule has 0 amide bonds. The Kier molecular flexibility index (Phi) is 7.14. The van der Waals surface area contributed by atoms with Crippen LogP contribution in [-0.2, 0) is 4.74 Å². The molecular formula is C13H24N4O2. The summed E-state index contributed by atoms with van der Waals surface area (Å²) in [6.45, 7) is 7.45. The van der Waals surface area contributed by atoms with Gasteiger partial charge in [-0.15, -0.1) is 0 Å². The Bertz CT molecular complexity index is 366. The van der Waals surface area contributed by atoms with Crippen LogP contribution < -0.4 is 15.4 Å². The Morgan fingerprint density at radius 2 is 2.11 bits per heavy atom. The molecule has 0 saturated carbocycles. The minimum absolute atomic E-state index is 0.595. The molecule has 2 N–H and O–H groups in total. The summed E-state index contributed by atoms with van der Waals surface area (Å²) in [5.74, 6) is 1.53. The summed E-state index contributed by atoms with van der Waals surface area (Å²) in [7, 11) is 1.69. The van der Waals surface area contributed by atoms with E-state index in [0.29, 0.717) is 25.6 Å². The lowest BCUT2D eigenvalue weighted by molar-refractivity contribution is 0.205. The number of aromatic nitrogens is 2. The number of ether oxygens (including phenoxy) is 2. The van der Waals surface area contributed by atoms with Gasteiger partial charge >= 0.3 is 0 Å². The second kappa shape index (κ2) is 8.66. The molecule has 0 aliphatic carbocycles. The molecule has 0 aliphatic rings. The van der Waals surface area contributed by atoms with Gasteiger partial charge < -0.3 is 20.1 Å². The zero-order valence-corrected chi connectivity index (χ0v) is 12.1. The van der Waals surface area contributed by atoms with Crippen molar-refractivity contribution in [3.8, 4) is 5.88 Å². The second-order valence-electron chi connectivity index (χ2n) is 4.18. The predicted octanol–water partition coefficient (Wildman–Crippen LogP) is 0.985. The standard InChI is InChI=1S/C13H24N4O2/c1-4-19-13-11(2)12(15-10-16-13)17(7-5-6-14)8-9-18-3/h10H,4-9,14H2,1-3H3. The van der Waals surface area contributed by atoms with Gasteiger partial charge in [0.25, 0.3) is 0 Å². The lowest BCUT2D eigenvalue weighted by atomic mass is 10.2. The molecule has 1 heterocycles. The Labute approximate surface area is 114 Å². The molecule has 0 spiro atoms. The molecule has 1 rings (SSSR count). The third-order valence-electron chi connectivity index (χ3n) is 2.79. The van der Waals surface area contributed by atoms with E-state index in [0.717, 1.165) is 30.9 Å². The van der Waals surface area contributed by atoms with Crippen LogP contribution in [0.25, 0.3) is 0 Å². The van der Waals surface area contributed by atoms with Gasteiger partial charge in [0.05, 0.1) is 18.8 Å². The smallest absolute Gasteiger partial charge is 0.221 e. The molecule has 0 radical (unpaired) electrons. The van der Waals surface area contributed by atoms with Crippen molar-refractivity contribution in [3.05, 3.63) is 11.9 Å². The molecule has 108 valence electrons. The van der Waals surface area contributed by atoms with Crippen LogP contribution in [0.2, 0.25) is 0 Å². The summed E-state index contributed by atoms with van der Waals surface area (Å²) in [5.41, 5.74) is 6.54. The topological polar surface area (TPSA) is 73.5 Å². The maximum Gasteiger partial charge on any atom is 0.221 e. The van der Waals surface area contributed by atoms with E-state index in [1.54, 1.807) is 7.11 Å². The molecule has 0 saturated heterocycles. The van der Waals surface area contributed by atoms with Crippen LogP contribution in [0, 0.1) is 6.92 Å². The lowest BCUT2D eigenvalue weighted by Gasteiger charge is -2.25. The maximum absolute atomic E-state index is 5.58. The average Bonchev–Trinajstić information content (AvgIpc) is 2.42. The molecule has 0 aromatic carbocycles. The van der Waals surface area contributed by atoms with Gasteiger partial charge in [-0.2, -0.15) is 0 Å². The Balaban J connectivity index is 2.89. The Hall–Kier alpha value is -1.40. The first kappa shape index (κ1) is 15.7. The normalized spacial score (nSPS) is 10.5. The molecule has 6 nitrogen and oxygen atoms in total. The maximum atomic E-state index is 5.58. The van der Waals surface area contributed by atoms with Gasteiger partial charge in [-0.3, -0.25) is 0 Å². The SMILES string of the molecule is CCOc1ncnc(N(CCCN)CCOC)c1C. The van der Waals surface area contributed by atoms with E-state index in [4.69, 9.17) is 15.2 Å².